The molecule has 0 aliphatic rings. The zero-order valence-corrected chi connectivity index (χ0v) is 19.0. The number of hydrogen-bond donors (Lipinski definition) is 2. The number of carbonyl (C=O) groups excluding carboxylic acids is 1. The number of benzene rings is 2. The lowest BCUT2D eigenvalue weighted by atomic mass is 10.1. The Morgan fingerprint density at radius 1 is 1.12 bits per heavy atom. The summed E-state index contributed by atoms with van der Waals surface area (Å²) in [6.07, 6.45) is -4.15. The number of alkyl halides is 3. The lowest BCUT2D eigenvalue weighted by Gasteiger charge is -2.23. The van der Waals surface area contributed by atoms with Gasteiger partial charge in [-0.3, -0.25) is 20.0 Å². The first-order valence-corrected chi connectivity index (χ1v) is 11.4. The highest BCUT2D eigenvalue weighted by atomic mass is 35.5. The van der Waals surface area contributed by atoms with E-state index in [1.165, 1.54) is 29.7 Å². The van der Waals surface area contributed by atoms with Gasteiger partial charge in [0.15, 0.2) is 0 Å². The Kier molecular flexibility index (Phi) is 9.52. The molecule has 6 nitrogen and oxygen atoms in total. The van der Waals surface area contributed by atoms with Crippen molar-refractivity contribution in [2.45, 2.75) is 26.6 Å². The Morgan fingerprint density at radius 3 is 2.25 bits per heavy atom. The predicted octanol–water partition coefficient (Wildman–Crippen LogP) is 4.63. The third kappa shape index (κ3) is 7.72. The molecule has 32 heavy (non-hydrogen) atoms. The molecule has 0 fully saturated rings. The second-order valence-corrected chi connectivity index (χ2v) is 8.45. The van der Waals surface area contributed by atoms with Gasteiger partial charge in [0.05, 0.1) is 24.2 Å². The van der Waals surface area contributed by atoms with Gasteiger partial charge >= 0.3 is 12.1 Å². The fraction of sp³-hybridized carbons (Fsp3) is 0.250. The van der Waals surface area contributed by atoms with Crippen LogP contribution in [0.3, 0.4) is 0 Å². The Bertz CT molecular complexity index is 1080. The molecule has 0 radical (unpaired) electrons. The maximum Gasteiger partial charge on any atom is 0.472 e. The highest BCUT2D eigenvalue weighted by Crippen LogP contribution is 2.25. The molecular formula is C20H22ClF4N3O3S. The number of hydrazine groups is 1. The van der Waals surface area contributed by atoms with Gasteiger partial charge in [-0.25, -0.2) is 12.8 Å². The van der Waals surface area contributed by atoms with Crippen molar-refractivity contribution < 1.29 is 30.8 Å². The van der Waals surface area contributed by atoms with Crippen LogP contribution < -0.4 is 15.2 Å². The minimum absolute atomic E-state index is 0.00345. The van der Waals surface area contributed by atoms with Crippen molar-refractivity contribution in [3.63, 3.8) is 0 Å². The van der Waals surface area contributed by atoms with Crippen molar-refractivity contribution in [2.75, 3.05) is 10.6 Å². The number of halogens is 5. The number of amides is 1. The SMILES string of the molecule is C=C(NNC(=O)C(F)(F)F)c1ccc(CN(c2cccc(Cl)c2)S(C)(=O)=O)c(F)c1.CC. The van der Waals surface area contributed by atoms with Crippen LogP contribution in [-0.4, -0.2) is 26.8 Å². The van der Waals surface area contributed by atoms with Gasteiger partial charge in [-0.15, -0.1) is 0 Å². The zero-order valence-electron chi connectivity index (χ0n) is 17.4. The molecule has 0 saturated heterocycles. The summed E-state index contributed by atoms with van der Waals surface area (Å²) < 4.78 is 76.4. The van der Waals surface area contributed by atoms with Gasteiger partial charge in [-0.05, 0) is 24.3 Å². The van der Waals surface area contributed by atoms with E-state index in [9.17, 15) is 30.8 Å². The summed E-state index contributed by atoms with van der Waals surface area (Å²) >= 11 is 5.90. The van der Waals surface area contributed by atoms with Gasteiger partial charge in [0.1, 0.15) is 5.82 Å². The van der Waals surface area contributed by atoms with Crippen LogP contribution in [0.1, 0.15) is 25.0 Å². The summed E-state index contributed by atoms with van der Waals surface area (Å²) in [5.74, 6) is -3.07. The number of nitrogens with one attached hydrogen (secondary N) is 2. The van der Waals surface area contributed by atoms with Crippen molar-refractivity contribution in [3.8, 4) is 0 Å². The molecular weight excluding hydrogens is 474 g/mol. The minimum Gasteiger partial charge on any atom is -0.298 e. The van der Waals surface area contributed by atoms with Crippen LogP contribution in [0, 0.1) is 5.82 Å². The third-order valence-electron chi connectivity index (χ3n) is 3.80. The molecule has 1 amide bonds. The maximum atomic E-state index is 14.6. The molecule has 0 atom stereocenters. The number of anilines is 1. The van der Waals surface area contributed by atoms with Crippen molar-refractivity contribution >= 4 is 38.9 Å². The average Bonchev–Trinajstić information content (AvgIpc) is 2.70. The van der Waals surface area contributed by atoms with E-state index in [1.54, 1.807) is 12.1 Å². The minimum atomic E-state index is -5.10. The quantitative estimate of drug-likeness (QED) is 0.434. The number of rotatable bonds is 7. The molecule has 0 saturated carbocycles. The summed E-state index contributed by atoms with van der Waals surface area (Å²) in [6.45, 7) is 7.08. The van der Waals surface area contributed by atoms with Crippen molar-refractivity contribution in [3.05, 3.63) is 71.0 Å². The Hall–Kier alpha value is -2.79. The average molecular weight is 496 g/mol. The summed E-state index contributed by atoms with van der Waals surface area (Å²) in [7, 11) is -3.78. The van der Waals surface area contributed by atoms with E-state index in [0.717, 1.165) is 16.6 Å². The van der Waals surface area contributed by atoms with Crippen LogP contribution in [0.2, 0.25) is 5.02 Å². The van der Waals surface area contributed by atoms with Gasteiger partial charge < -0.3 is 0 Å². The number of sulfonamides is 1. The van der Waals surface area contributed by atoms with Gasteiger partial charge in [-0.2, -0.15) is 13.2 Å². The topological polar surface area (TPSA) is 78.5 Å². The van der Waals surface area contributed by atoms with Crippen LogP contribution in [0.15, 0.2) is 49.0 Å². The largest absolute Gasteiger partial charge is 0.472 e. The maximum absolute atomic E-state index is 14.6. The van der Waals surface area contributed by atoms with Crippen molar-refractivity contribution in [1.82, 2.24) is 10.9 Å². The standard InChI is InChI=1S/C18H16ClF4N3O3S.C2H6/c1-11(24-25-17(27)18(21,22)23)12-6-7-13(16(20)8-12)10-26(30(2,28)29)15-5-3-4-14(19)9-15;1-2/h3-9,24H,1,10H2,2H3,(H,25,27);1-2H3. The molecule has 176 valence electrons. The van der Waals surface area contributed by atoms with E-state index in [4.69, 9.17) is 11.6 Å². The highest BCUT2D eigenvalue weighted by molar-refractivity contribution is 7.92. The summed E-state index contributed by atoms with van der Waals surface area (Å²) in [6, 6.07) is 9.51. The molecule has 0 aromatic heterocycles. The van der Waals surface area contributed by atoms with Gasteiger partial charge in [0.2, 0.25) is 10.0 Å². The van der Waals surface area contributed by atoms with E-state index in [1.807, 2.05) is 19.3 Å². The number of hydrogen-bond acceptors (Lipinski definition) is 4. The molecule has 2 N–H and O–H groups in total. The first kappa shape index (κ1) is 27.2. The molecule has 0 unspecified atom stereocenters. The van der Waals surface area contributed by atoms with Crippen molar-refractivity contribution in [2.24, 2.45) is 0 Å². The zero-order chi connectivity index (χ0) is 24.7. The van der Waals surface area contributed by atoms with Crippen LogP contribution in [0.4, 0.5) is 23.2 Å². The summed E-state index contributed by atoms with van der Waals surface area (Å²) in [4.78, 5) is 10.8. The monoisotopic (exact) mass is 495 g/mol. The normalized spacial score (nSPS) is 11.1. The fourth-order valence-electron chi connectivity index (χ4n) is 2.32. The Balaban J connectivity index is 0.00000249. The van der Waals surface area contributed by atoms with Gasteiger partial charge in [0, 0.05) is 16.1 Å². The number of carbonyl (C=O) groups is 1. The first-order chi connectivity index (χ1) is 14.8. The Morgan fingerprint density at radius 2 is 1.75 bits per heavy atom. The molecule has 2 rings (SSSR count). The fourth-order valence-corrected chi connectivity index (χ4v) is 3.38. The number of nitrogens with zero attached hydrogens (tertiary/aromatic N) is 1. The molecule has 0 heterocycles. The van der Waals surface area contributed by atoms with Gasteiger partial charge in [0.25, 0.3) is 0 Å². The lowest BCUT2D eigenvalue weighted by molar-refractivity contribution is -0.174. The smallest absolute Gasteiger partial charge is 0.298 e. The molecule has 0 bridgehead atoms. The Labute approximate surface area is 188 Å². The molecule has 0 aliphatic heterocycles. The van der Waals surface area contributed by atoms with E-state index < -0.39 is 27.9 Å². The molecule has 12 heteroatoms. The van der Waals surface area contributed by atoms with Crippen LogP contribution in [0.5, 0.6) is 0 Å². The second-order valence-electron chi connectivity index (χ2n) is 6.11. The van der Waals surface area contributed by atoms with Crippen LogP contribution in [-0.2, 0) is 21.4 Å². The van der Waals surface area contributed by atoms with E-state index >= 15 is 0 Å². The summed E-state index contributed by atoms with van der Waals surface area (Å²) in [5, 5.41) is 0.292. The van der Waals surface area contributed by atoms with Crippen LogP contribution in [0.25, 0.3) is 5.70 Å². The van der Waals surface area contributed by atoms with Gasteiger partial charge in [-0.1, -0.05) is 50.2 Å². The molecule has 2 aromatic carbocycles. The third-order valence-corrected chi connectivity index (χ3v) is 5.17. The highest BCUT2D eigenvalue weighted by Gasteiger charge is 2.38. The van der Waals surface area contributed by atoms with Crippen molar-refractivity contribution in [1.29, 1.82) is 0 Å². The van der Waals surface area contributed by atoms with E-state index in [0.29, 0.717) is 5.02 Å². The van der Waals surface area contributed by atoms with Crippen LogP contribution >= 0.6 is 11.6 Å². The molecule has 0 aliphatic carbocycles. The van der Waals surface area contributed by atoms with E-state index in [-0.39, 0.29) is 29.1 Å². The second kappa shape index (κ2) is 11.2. The first-order valence-electron chi connectivity index (χ1n) is 9.13. The molecule has 2 aromatic rings. The molecule has 0 spiro atoms. The predicted molar refractivity (Wildman–Crippen MR) is 117 cm³/mol. The lowest BCUT2D eigenvalue weighted by Crippen LogP contribution is -2.44. The van der Waals surface area contributed by atoms with E-state index in [2.05, 4.69) is 6.58 Å². The summed E-state index contributed by atoms with van der Waals surface area (Å²) in [5.41, 5.74) is 3.42.